The van der Waals surface area contributed by atoms with E-state index in [4.69, 9.17) is 4.74 Å². The first kappa shape index (κ1) is 14.4. The number of anilines is 1. The lowest BCUT2D eigenvalue weighted by Crippen LogP contribution is -2.26. The van der Waals surface area contributed by atoms with Gasteiger partial charge in [0.05, 0.1) is 5.00 Å². The Kier molecular flexibility index (Phi) is 5.09. The van der Waals surface area contributed by atoms with E-state index >= 15 is 0 Å². The van der Waals surface area contributed by atoms with Gasteiger partial charge in [-0.2, -0.15) is 0 Å². The predicted molar refractivity (Wildman–Crippen MR) is 73.9 cm³/mol. The highest BCUT2D eigenvalue weighted by molar-refractivity contribution is 7.14. The van der Waals surface area contributed by atoms with Crippen molar-refractivity contribution in [3.8, 4) is 0 Å². The predicted octanol–water partition coefficient (Wildman–Crippen LogP) is 3.70. The molecule has 0 fully saturated rings. The van der Waals surface area contributed by atoms with E-state index in [9.17, 15) is 9.59 Å². The van der Waals surface area contributed by atoms with Gasteiger partial charge in [0.1, 0.15) is 11.9 Å². The van der Waals surface area contributed by atoms with Crippen LogP contribution >= 0.6 is 11.3 Å². The van der Waals surface area contributed by atoms with Crippen LogP contribution in [0.2, 0.25) is 0 Å². The Morgan fingerprint density at radius 1 is 1.50 bits per heavy atom. The highest BCUT2D eigenvalue weighted by atomic mass is 32.1. The monoisotopic (exact) mass is 267 g/mol. The van der Waals surface area contributed by atoms with Crippen molar-refractivity contribution in [2.75, 3.05) is 5.32 Å². The van der Waals surface area contributed by atoms with Crippen molar-refractivity contribution in [2.24, 2.45) is 0 Å². The number of amides is 1. The van der Waals surface area contributed by atoms with Crippen molar-refractivity contribution in [1.82, 2.24) is 0 Å². The van der Waals surface area contributed by atoms with Crippen LogP contribution in [0.4, 0.5) is 9.80 Å². The summed E-state index contributed by atoms with van der Waals surface area (Å²) in [7, 11) is 0. The molecular formula is C13H17NO3S. The highest BCUT2D eigenvalue weighted by Gasteiger charge is 2.16. The normalized spacial score (nSPS) is 11.5. The quantitative estimate of drug-likeness (QED) is 0.846. The smallest absolute Gasteiger partial charge is 0.412 e. The summed E-state index contributed by atoms with van der Waals surface area (Å²) in [6.07, 6.45) is 4.37. The maximum Gasteiger partial charge on any atom is 0.412 e. The van der Waals surface area contributed by atoms with Gasteiger partial charge in [0.2, 0.25) is 0 Å². The van der Waals surface area contributed by atoms with E-state index in [2.05, 4.69) is 5.32 Å². The van der Waals surface area contributed by atoms with Gasteiger partial charge < -0.3 is 9.53 Å². The van der Waals surface area contributed by atoms with Crippen LogP contribution in [-0.4, -0.2) is 18.0 Å². The summed E-state index contributed by atoms with van der Waals surface area (Å²) >= 11 is 1.41. The molecule has 0 unspecified atom stereocenters. The van der Waals surface area contributed by atoms with Crippen molar-refractivity contribution in [2.45, 2.75) is 32.8 Å². The zero-order chi connectivity index (χ0) is 13.6. The number of hydrogen-bond donors (Lipinski definition) is 1. The van der Waals surface area contributed by atoms with Gasteiger partial charge in [-0.1, -0.05) is 12.2 Å². The van der Waals surface area contributed by atoms with Crippen LogP contribution in [0.15, 0.2) is 17.5 Å². The lowest BCUT2D eigenvalue weighted by molar-refractivity contribution is -0.107. The maximum atomic E-state index is 11.5. The van der Waals surface area contributed by atoms with E-state index in [-0.39, 0.29) is 0 Å². The maximum absolute atomic E-state index is 11.5. The lowest BCUT2D eigenvalue weighted by Gasteiger charge is -2.19. The van der Waals surface area contributed by atoms with E-state index < -0.39 is 11.7 Å². The summed E-state index contributed by atoms with van der Waals surface area (Å²) in [6, 6.07) is 1.83. The number of ether oxygens (including phenoxy) is 1. The third kappa shape index (κ3) is 5.63. The Bertz CT molecular complexity index is 443. The summed E-state index contributed by atoms with van der Waals surface area (Å²) in [6.45, 7) is 5.44. The SMILES string of the molecule is CC(C)(C)OC(=O)Nc1cc(C=CCC=O)cs1. The minimum absolute atomic E-state index is 0.394. The second-order valence-electron chi connectivity index (χ2n) is 4.68. The van der Waals surface area contributed by atoms with Gasteiger partial charge >= 0.3 is 6.09 Å². The van der Waals surface area contributed by atoms with Crippen molar-refractivity contribution in [3.05, 3.63) is 23.1 Å². The Hall–Kier alpha value is -1.62. The minimum Gasteiger partial charge on any atom is -0.444 e. The van der Waals surface area contributed by atoms with Gasteiger partial charge in [0.25, 0.3) is 0 Å². The molecule has 0 bridgehead atoms. The molecule has 0 saturated carbocycles. The number of hydrogen-bond acceptors (Lipinski definition) is 4. The molecule has 1 rings (SSSR count). The van der Waals surface area contributed by atoms with Crippen LogP contribution in [0.25, 0.3) is 6.08 Å². The first-order valence-corrected chi connectivity index (χ1v) is 6.47. The van der Waals surface area contributed by atoms with Crippen LogP contribution in [0.5, 0.6) is 0 Å². The van der Waals surface area contributed by atoms with Crippen molar-refractivity contribution in [3.63, 3.8) is 0 Å². The molecule has 1 heterocycles. The van der Waals surface area contributed by atoms with E-state index in [1.165, 1.54) is 11.3 Å². The molecule has 1 aromatic rings. The van der Waals surface area contributed by atoms with Crippen LogP contribution < -0.4 is 5.32 Å². The summed E-state index contributed by atoms with van der Waals surface area (Å²) < 4.78 is 5.14. The summed E-state index contributed by atoms with van der Waals surface area (Å²) in [4.78, 5) is 21.7. The van der Waals surface area contributed by atoms with Crippen molar-refractivity contribution in [1.29, 1.82) is 0 Å². The third-order valence-corrected chi connectivity index (χ3v) is 2.65. The number of aldehydes is 1. The molecule has 0 saturated heterocycles. The first-order valence-electron chi connectivity index (χ1n) is 5.59. The third-order valence-electron chi connectivity index (χ3n) is 1.79. The number of rotatable bonds is 4. The number of allylic oxidation sites excluding steroid dienone is 1. The standard InChI is InChI=1S/C13H17NO3S/c1-13(2,3)17-12(16)14-11-8-10(9-18-11)6-4-5-7-15/h4,6-9H,5H2,1-3H3,(H,14,16). The fourth-order valence-electron chi connectivity index (χ4n) is 1.17. The summed E-state index contributed by atoms with van der Waals surface area (Å²) in [5.74, 6) is 0. The largest absolute Gasteiger partial charge is 0.444 e. The molecule has 98 valence electrons. The molecule has 4 nitrogen and oxygen atoms in total. The van der Waals surface area contributed by atoms with Gasteiger partial charge in [0.15, 0.2) is 0 Å². The molecule has 1 N–H and O–H groups in total. The molecule has 0 radical (unpaired) electrons. The number of nitrogens with one attached hydrogen (secondary N) is 1. The van der Waals surface area contributed by atoms with Gasteiger partial charge in [0, 0.05) is 11.8 Å². The zero-order valence-corrected chi connectivity index (χ0v) is 11.5. The molecule has 0 spiro atoms. The number of thiophene rings is 1. The number of carbonyl (C=O) groups is 2. The Morgan fingerprint density at radius 3 is 2.83 bits per heavy atom. The van der Waals surface area contributed by atoms with Crippen LogP contribution in [0.3, 0.4) is 0 Å². The van der Waals surface area contributed by atoms with E-state index in [1.807, 2.05) is 38.3 Å². The molecular weight excluding hydrogens is 250 g/mol. The Balaban J connectivity index is 2.53. The lowest BCUT2D eigenvalue weighted by atomic mass is 10.2. The molecule has 0 aromatic carbocycles. The molecule has 0 aliphatic rings. The van der Waals surface area contributed by atoms with Crippen molar-refractivity contribution >= 4 is 34.8 Å². The van der Waals surface area contributed by atoms with Gasteiger partial charge in [-0.05, 0) is 32.4 Å². The molecule has 1 aromatic heterocycles. The van der Waals surface area contributed by atoms with Crippen molar-refractivity contribution < 1.29 is 14.3 Å². The average Bonchev–Trinajstić information content (AvgIpc) is 2.63. The van der Waals surface area contributed by atoms with Crippen LogP contribution in [-0.2, 0) is 9.53 Å². The second-order valence-corrected chi connectivity index (χ2v) is 5.59. The zero-order valence-electron chi connectivity index (χ0n) is 10.7. The second kappa shape index (κ2) is 6.35. The molecule has 0 atom stereocenters. The molecule has 0 aliphatic heterocycles. The fourth-order valence-corrected chi connectivity index (χ4v) is 1.92. The molecule has 0 aliphatic carbocycles. The summed E-state index contributed by atoms with van der Waals surface area (Å²) in [5.41, 5.74) is 0.446. The van der Waals surface area contributed by atoms with Gasteiger partial charge in [-0.25, -0.2) is 4.79 Å². The molecule has 18 heavy (non-hydrogen) atoms. The minimum atomic E-state index is -0.506. The molecule has 1 amide bonds. The number of carbonyl (C=O) groups excluding carboxylic acids is 2. The van der Waals surface area contributed by atoms with Gasteiger partial charge in [-0.3, -0.25) is 5.32 Å². The topological polar surface area (TPSA) is 55.4 Å². The van der Waals surface area contributed by atoms with E-state index in [1.54, 1.807) is 6.08 Å². The fraction of sp³-hybridized carbons (Fsp3) is 0.385. The Morgan fingerprint density at radius 2 is 2.22 bits per heavy atom. The highest BCUT2D eigenvalue weighted by Crippen LogP contribution is 2.22. The average molecular weight is 267 g/mol. The van der Waals surface area contributed by atoms with Crippen LogP contribution in [0, 0.1) is 0 Å². The van der Waals surface area contributed by atoms with E-state index in [0.717, 1.165) is 16.9 Å². The van der Waals surface area contributed by atoms with E-state index in [0.29, 0.717) is 6.42 Å². The first-order chi connectivity index (χ1) is 8.40. The van der Waals surface area contributed by atoms with Crippen LogP contribution in [0.1, 0.15) is 32.8 Å². The Labute approximate surface area is 111 Å². The molecule has 5 heteroatoms. The van der Waals surface area contributed by atoms with Gasteiger partial charge in [-0.15, -0.1) is 11.3 Å². The summed E-state index contributed by atoms with van der Waals surface area (Å²) in [5, 5.41) is 5.28.